The summed E-state index contributed by atoms with van der Waals surface area (Å²) in [6.07, 6.45) is 3.03. The fraction of sp³-hybridized carbons (Fsp3) is 0.714. The van der Waals surface area contributed by atoms with Crippen molar-refractivity contribution >= 4 is 0 Å². The Hall–Kier alpha value is -1.20. The molecule has 0 radical (unpaired) electrons. The third kappa shape index (κ3) is 3.22. The lowest BCUT2D eigenvalue weighted by atomic mass is 9.97. The molecule has 1 atom stereocenters. The van der Waals surface area contributed by atoms with Gasteiger partial charge in [0, 0.05) is 30.9 Å². The van der Waals surface area contributed by atoms with Crippen molar-refractivity contribution in [1.82, 2.24) is 20.2 Å². The van der Waals surface area contributed by atoms with Crippen LogP contribution in [0, 0.1) is 0 Å². The van der Waals surface area contributed by atoms with Crippen molar-refractivity contribution in [3.05, 3.63) is 17.5 Å². The van der Waals surface area contributed by atoms with Gasteiger partial charge in [-0.05, 0) is 25.9 Å². The number of nitrogens with zero attached hydrogens (tertiary/aromatic N) is 3. The van der Waals surface area contributed by atoms with Crippen molar-refractivity contribution in [3.63, 3.8) is 0 Å². The zero-order valence-corrected chi connectivity index (χ0v) is 12.3. The molecule has 1 aliphatic heterocycles. The molecular formula is C14H24N4O. The van der Waals surface area contributed by atoms with E-state index in [0.29, 0.717) is 18.0 Å². The summed E-state index contributed by atoms with van der Waals surface area (Å²) < 4.78 is 5.15. The quantitative estimate of drug-likeness (QED) is 0.898. The van der Waals surface area contributed by atoms with E-state index >= 15 is 0 Å². The number of likely N-dealkylation sites (N-methyl/N-ethyl adjacent to an activating group) is 1. The number of hydrogen-bond donors (Lipinski definition) is 1. The van der Waals surface area contributed by atoms with Gasteiger partial charge in [0.2, 0.25) is 0 Å². The maximum Gasteiger partial charge on any atom is 0.316 e. The minimum Gasteiger partial charge on any atom is -0.467 e. The molecule has 2 rings (SSSR count). The Labute approximate surface area is 115 Å². The lowest BCUT2D eigenvalue weighted by Crippen LogP contribution is -2.28. The summed E-state index contributed by atoms with van der Waals surface area (Å²) in [6, 6.07) is 0.847. The van der Waals surface area contributed by atoms with Crippen molar-refractivity contribution < 1.29 is 4.74 Å². The molecule has 1 saturated heterocycles. The largest absolute Gasteiger partial charge is 0.467 e. The SMILES string of the molecule is COc1ncc(C2CCNCCN2C)c(C(C)C)n1. The molecule has 1 aromatic heterocycles. The Morgan fingerprint density at radius 1 is 1.42 bits per heavy atom. The minimum atomic E-state index is 0.372. The first-order valence-corrected chi connectivity index (χ1v) is 6.95. The molecule has 0 saturated carbocycles. The van der Waals surface area contributed by atoms with E-state index in [2.05, 4.69) is 41.1 Å². The predicted octanol–water partition coefficient (Wildman–Crippen LogP) is 1.57. The molecule has 1 unspecified atom stereocenters. The zero-order chi connectivity index (χ0) is 13.8. The van der Waals surface area contributed by atoms with Crippen LogP contribution in [0.3, 0.4) is 0 Å². The van der Waals surface area contributed by atoms with Crippen molar-refractivity contribution in [2.24, 2.45) is 0 Å². The Morgan fingerprint density at radius 3 is 2.89 bits per heavy atom. The smallest absolute Gasteiger partial charge is 0.316 e. The van der Waals surface area contributed by atoms with Crippen LogP contribution in [0.5, 0.6) is 6.01 Å². The van der Waals surface area contributed by atoms with E-state index in [0.717, 1.165) is 31.7 Å². The maximum absolute atomic E-state index is 5.15. The molecule has 1 aromatic rings. The van der Waals surface area contributed by atoms with Gasteiger partial charge in [0.1, 0.15) is 0 Å². The average Bonchev–Trinajstić information content (AvgIpc) is 2.62. The number of ether oxygens (including phenoxy) is 1. The molecule has 0 bridgehead atoms. The monoisotopic (exact) mass is 264 g/mol. The van der Waals surface area contributed by atoms with Gasteiger partial charge in [-0.1, -0.05) is 13.8 Å². The second kappa shape index (κ2) is 6.30. The van der Waals surface area contributed by atoms with Gasteiger partial charge in [-0.25, -0.2) is 4.98 Å². The van der Waals surface area contributed by atoms with Gasteiger partial charge < -0.3 is 10.1 Å². The third-order valence-corrected chi connectivity index (χ3v) is 3.68. The molecule has 0 aliphatic carbocycles. The van der Waals surface area contributed by atoms with Crippen LogP contribution in [0.25, 0.3) is 0 Å². The lowest BCUT2D eigenvalue weighted by molar-refractivity contribution is 0.254. The molecule has 2 heterocycles. The first-order chi connectivity index (χ1) is 9.13. The molecule has 1 aliphatic rings. The number of methoxy groups -OCH3 is 1. The highest BCUT2D eigenvalue weighted by Gasteiger charge is 2.24. The molecule has 0 spiro atoms. The van der Waals surface area contributed by atoms with Gasteiger partial charge in [0.25, 0.3) is 0 Å². The summed E-state index contributed by atoms with van der Waals surface area (Å²) in [7, 11) is 3.78. The highest BCUT2D eigenvalue weighted by molar-refractivity contribution is 5.26. The van der Waals surface area contributed by atoms with Gasteiger partial charge in [-0.15, -0.1) is 0 Å². The van der Waals surface area contributed by atoms with E-state index in [4.69, 9.17) is 4.74 Å². The average molecular weight is 264 g/mol. The summed E-state index contributed by atoms with van der Waals surface area (Å²) in [5.41, 5.74) is 2.34. The topological polar surface area (TPSA) is 50.3 Å². The standard InChI is InChI=1S/C14H24N4O/c1-10(2)13-11(9-16-14(17-13)19-4)12-5-6-15-7-8-18(12)3/h9-10,12,15H,5-8H2,1-4H3. The van der Waals surface area contributed by atoms with Crippen molar-refractivity contribution in [3.8, 4) is 6.01 Å². The molecule has 5 nitrogen and oxygen atoms in total. The van der Waals surface area contributed by atoms with E-state index in [1.54, 1.807) is 7.11 Å². The highest BCUT2D eigenvalue weighted by atomic mass is 16.5. The summed E-state index contributed by atoms with van der Waals surface area (Å²) in [6.45, 7) is 7.47. The number of hydrogen-bond acceptors (Lipinski definition) is 5. The van der Waals surface area contributed by atoms with Gasteiger partial charge in [0.05, 0.1) is 12.8 Å². The number of nitrogens with one attached hydrogen (secondary N) is 1. The summed E-state index contributed by atoms with van der Waals surface area (Å²) >= 11 is 0. The summed E-state index contributed by atoms with van der Waals surface area (Å²) in [5, 5.41) is 3.44. The van der Waals surface area contributed by atoms with Crippen LogP contribution in [0.1, 0.15) is 43.5 Å². The molecule has 1 N–H and O–H groups in total. The predicted molar refractivity (Wildman–Crippen MR) is 75.5 cm³/mol. The van der Waals surface area contributed by atoms with E-state index < -0.39 is 0 Å². The van der Waals surface area contributed by atoms with E-state index in [1.165, 1.54) is 5.56 Å². The molecule has 19 heavy (non-hydrogen) atoms. The Balaban J connectivity index is 2.36. The van der Waals surface area contributed by atoms with Crippen LogP contribution in [0.15, 0.2) is 6.20 Å². The van der Waals surface area contributed by atoms with Crippen molar-refractivity contribution in [2.75, 3.05) is 33.8 Å². The maximum atomic E-state index is 5.15. The van der Waals surface area contributed by atoms with Crippen LogP contribution in [-0.4, -0.2) is 48.7 Å². The molecule has 1 fully saturated rings. The molecule has 5 heteroatoms. The summed E-state index contributed by atoms with van der Waals surface area (Å²) in [5.74, 6) is 0.372. The molecule has 0 aromatic carbocycles. The van der Waals surface area contributed by atoms with E-state index in [1.807, 2.05) is 6.20 Å². The summed E-state index contributed by atoms with van der Waals surface area (Å²) in [4.78, 5) is 11.2. The second-order valence-corrected chi connectivity index (χ2v) is 5.39. The molecule has 0 amide bonds. The lowest BCUT2D eigenvalue weighted by Gasteiger charge is -2.27. The van der Waals surface area contributed by atoms with Crippen LogP contribution < -0.4 is 10.1 Å². The van der Waals surface area contributed by atoms with Gasteiger partial charge in [-0.2, -0.15) is 4.98 Å². The van der Waals surface area contributed by atoms with Crippen LogP contribution in [0.2, 0.25) is 0 Å². The highest BCUT2D eigenvalue weighted by Crippen LogP contribution is 2.30. The fourth-order valence-corrected chi connectivity index (χ4v) is 2.59. The Kier molecular flexibility index (Phi) is 4.71. The molecular weight excluding hydrogens is 240 g/mol. The van der Waals surface area contributed by atoms with Gasteiger partial charge in [-0.3, -0.25) is 4.90 Å². The normalized spacial score (nSPS) is 21.4. The van der Waals surface area contributed by atoms with Crippen LogP contribution in [0.4, 0.5) is 0 Å². The van der Waals surface area contributed by atoms with E-state index in [9.17, 15) is 0 Å². The Bertz CT molecular complexity index is 422. The van der Waals surface area contributed by atoms with E-state index in [-0.39, 0.29) is 0 Å². The minimum absolute atomic E-state index is 0.372. The number of rotatable bonds is 3. The fourth-order valence-electron chi connectivity index (χ4n) is 2.59. The zero-order valence-electron chi connectivity index (χ0n) is 12.3. The second-order valence-electron chi connectivity index (χ2n) is 5.39. The van der Waals surface area contributed by atoms with Gasteiger partial charge in [0.15, 0.2) is 0 Å². The van der Waals surface area contributed by atoms with Crippen molar-refractivity contribution in [2.45, 2.75) is 32.2 Å². The first kappa shape index (κ1) is 14.2. The van der Waals surface area contributed by atoms with Gasteiger partial charge >= 0.3 is 6.01 Å². The molecule has 106 valence electrons. The van der Waals surface area contributed by atoms with Crippen molar-refractivity contribution in [1.29, 1.82) is 0 Å². The van der Waals surface area contributed by atoms with Crippen LogP contribution >= 0.6 is 0 Å². The Morgan fingerprint density at radius 2 is 2.21 bits per heavy atom. The number of aromatic nitrogens is 2. The third-order valence-electron chi connectivity index (χ3n) is 3.68. The first-order valence-electron chi connectivity index (χ1n) is 6.95. The van der Waals surface area contributed by atoms with Crippen LogP contribution in [-0.2, 0) is 0 Å².